The van der Waals surface area contributed by atoms with Crippen LogP contribution in [0.2, 0.25) is 0 Å². The number of carbonyl (C=O) groups excluding carboxylic acids is 1. The van der Waals surface area contributed by atoms with Crippen LogP contribution in [0.15, 0.2) is 30.5 Å². The first-order valence-corrected chi connectivity index (χ1v) is 7.05. The van der Waals surface area contributed by atoms with Gasteiger partial charge in [-0.25, -0.2) is 9.97 Å². The number of rotatable bonds is 9. The van der Waals surface area contributed by atoms with E-state index in [4.69, 9.17) is 17.0 Å². The Kier molecular flexibility index (Phi) is 8.15. The number of amides is 1. The summed E-state index contributed by atoms with van der Waals surface area (Å²) < 4.78 is 5.01. The fourth-order valence-corrected chi connectivity index (χ4v) is 1.89. The summed E-state index contributed by atoms with van der Waals surface area (Å²) in [4.78, 5) is 21.7. The van der Waals surface area contributed by atoms with Crippen molar-refractivity contribution >= 4 is 23.6 Å². The first kappa shape index (κ1) is 17.2. The summed E-state index contributed by atoms with van der Waals surface area (Å²) in [7, 11) is 3.26. The van der Waals surface area contributed by atoms with Gasteiger partial charge in [0.2, 0.25) is 5.91 Å². The lowest BCUT2D eigenvalue weighted by Gasteiger charge is -2.16. The van der Waals surface area contributed by atoms with Crippen molar-refractivity contribution < 1.29 is 9.53 Å². The molecule has 0 aromatic carbocycles. The first-order chi connectivity index (χ1) is 10.2. The van der Waals surface area contributed by atoms with Gasteiger partial charge in [-0.3, -0.25) is 4.79 Å². The van der Waals surface area contributed by atoms with E-state index in [-0.39, 0.29) is 5.91 Å². The van der Waals surface area contributed by atoms with Gasteiger partial charge in [0.1, 0.15) is 6.33 Å². The molecular weight excluding hydrogens is 288 g/mol. The Bertz CT molecular complexity index is 479. The van der Waals surface area contributed by atoms with Crippen LogP contribution in [0, 0.1) is 0 Å². The third-order valence-corrected chi connectivity index (χ3v) is 3.02. The van der Waals surface area contributed by atoms with Gasteiger partial charge in [0.05, 0.1) is 5.49 Å². The highest BCUT2D eigenvalue weighted by atomic mass is 32.1. The number of thiocarbonyl (C=S) groups is 1. The van der Waals surface area contributed by atoms with Crippen molar-refractivity contribution in [3.63, 3.8) is 0 Å². The molecule has 0 unspecified atom stereocenters. The normalized spacial score (nSPS) is 11.0. The molecule has 0 radical (unpaired) electrons. The van der Waals surface area contributed by atoms with Crippen LogP contribution < -0.4 is 5.32 Å². The molecule has 1 rings (SSSR count). The lowest BCUT2D eigenvalue weighted by Crippen LogP contribution is -2.25. The summed E-state index contributed by atoms with van der Waals surface area (Å²) in [5.41, 5.74) is 3.00. The van der Waals surface area contributed by atoms with E-state index in [1.807, 2.05) is 4.90 Å². The topological polar surface area (TPSA) is 67.4 Å². The third kappa shape index (κ3) is 6.42. The lowest BCUT2D eigenvalue weighted by atomic mass is 10.1. The molecule has 0 aliphatic carbocycles. The molecule has 7 heteroatoms. The van der Waals surface area contributed by atoms with Crippen LogP contribution in [0.1, 0.15) is 12.0 Å². The van der Waals surface area contributed by atoms with Crippen LogP contribution in [-0.4, -0.2) is 53.6 Å². The zero-order valence-electron chi connectivity index (χ0n) is 12.3. The Labute approximate surface area is 130 Å². The van der Waals surface area contributed by atoms with Crippen LogP contribution in [0.25, 0.3) is 0 Å². The van der Waals surface area contributed by atoms with E-state index in [1.54, 1.807) is 32.8 Å². The van der Waals surface area contributed by atoms with E-state index in [0.29, 0.717) is 25.1 Å². The minimum Gasteiger partial charge on any atom is -0.385 e. The molecule has 0 fully saturated rings. The second kappa shape index (κ2) is 9.95. The molecule has 0 saturated heterocycles. The Balaban J connectivity index is 2.81. The van der Waals surface area contributed by atoms with Crippen molar-refractivity contribution in [2.75, 3.05) is 27.3 Å². The number of methoxy groups -OCH3 is 1. The van der Waals surface area contributed by atoms with Gasteiger partial charge >= 0.3 is 0 Å². The molecule has 114 valence electrons. The average molecular weight is 308 g/mol. The SMILES string of the molecule is CNC(=O)/C(=C\N(C=S)CCCOC)Cc1cncnc1. The number of hydrogen-bond acceptors (Lipinski definition) is 5. The standard InChI is InChI=1S/C14H20N4O2S/c1-15-14(19)13(6-12-7-16-10-17-8-12)9-18(11-21)4-3-5-20-2/h7-11H,3-6H2,1-2H3,(H,15,19)/b13-9-. The minimum atomic E-state index is -0.146. The Morgan fingerprint density at radius 3 is 2.76 bits per heavy atom. The highest BCUT2D eigenvalue weighted by Gasteiger charge is 2.10. The summed E-state index contributed by atoms with van der Waals surface area (Å²) in [6, 6.07) is 0. The van der Waals surface area contributed by atoms with Crippen molar-refractivity contribution in [2.45, 2.75) is 12.8 Å². The number of nitrogens with zero attached hydrogens (tertiary/aromatic N) is 3. The summed E-state index contributed by atoms with van der Waals surface area (Å²) in [6.07, 6.45) is 7.88. The van der Waals surface area contributed by atoms with Crippen molar-refractivity contribution in [2.24, 2.45) is 0 Å². The molecule has 6 nitrogen and oxygen atoms in total. The largest absolute Gasteiger partial charge is 0.385 e. The van der Waals surface area contributed by atoms with Gasteiger partial charge in [0, 0.05) is 57.9 Å². The maximum Gasteiger partial charge on any atom is 0.248 e. The van der Waals surface area contributed by atoms with Gasteiger partial charge < -0.3 is 15.0 Å². The summed E-state index contributed by atoms with van der Waals surface area (Å²) in [5, 5.41) is 2.63. The van der Waals surface area contributed by atoms with Crippen LogP contribution in [-0.2, 0) is 16.0 Å². The molecule has 0 aliphatic heterocycles. The van der Waals surface area contributed by atoms with E-state index in [1.165, 1.54) is 11.8 Å². The van der Waals surface area contributed by atoms with Gasteiger partial charge in [0.25, 0.3) is 0 Å². The fourth-order valence-electron chi connectivity index (χ4n) is 1.73. The average Bonchev–Trinajstić information content (AvgIpc) is 2.53. The van der Waals surface area contributed by atoms with Crippen LogP contribution in [0.4, 0.5) is 0 Å². The summed E-state index contributed by atoms with van der Waals surface area (Å²) >= 11 is 4.99. The Hall–Kier alpha value is -1.86. The molecular formula is C14H20N4O2S. The highest BCUT2D eigenvalue weighted by molar-refractivity contribution is 7.78. The van der Waals surface area contributed by atoms with Gasteiger partial charge in [-0.15, -0.1) is 0 Å². The monoisotopic (exact) mass is 308 g/mol. The number of hydrogen-bond donors (Lipinski definition) is 1. The molecule has 21 heavy (non-hydrogen) atoms. The number of aromatic nitrogens is 2. The number of likely N-dealkylation sites (N-methyl/N-ethyl adjacent to an activating group) is 1. The summed E-state index contributed by atoms with van der Waals surface area (Å²) in [5.74, 6) is -0.146. The quantitative estimate of drug-likeness (QED) is 0.416. The van der Waals surface area contributed by atoms with E-state index < -0.39 is 0 Å². The molecule has 0 aliphatic rings. The number of nitrogens with one attached hydrogen (secondary N) is 1. The zero-order valence-corrected chi connectivity index (χ0v) is 13.1. The summed E-state index contributed by atoms with van der Waals surface area (Å²) in [6.45, 7) is 1.35. The van der Waals surface area contributed by atoms with E-state index in [0.717, 1.165) is 12.0 Å². The fraction of sp³-hybridized carbons (Fsp3) is 0.429. The second-order valence-corrected chi connectivity index (χ2v) is 4.56. The van der Waals surface area contributed by atoms with Gasteiger partial charge in [-0.2, -0.15) is 0 Å². The van der Waals surface area contributed by atoms with Crippen molar-refractivity contribution in [1.82, 2.24) is 20.2 Å². The van der Waals surface area contributed by atoms with Crippen LogP contribution >= 0.6 is 12.2 Å². The van der Waals surface area contributed by atoms with Crippen LogP contribution in [0.5, 0.6) is 0 Å². The van der Waals surface area contributed by atoms with Crippen molar-refractivity contribution in [3.05, 3.63) is 36.1 Å². The molecule has 1 aromatic heterocycles. The zero-order chi connectivity index (χ0) is 15.5. The number of ether oxygens (including phenoxy) is 1. The predicted molar refractivity (Wildman–Crippen MR) is 84.7 cm³/mol. The maximum atomic E-state index is 12.0. The number of carbonyl (C=O) groups is 1. The van der Waals surface area contributed by atoms with Crippen LogP contribution in [0.3, 0.4) is 0 Å². The van der Waals surface area contributed by atoms with Gasteiger partial charge in [-0.05, 0) is 12.0 Å². The Morgan fingerprint density at radius 2 is 2.19 bits per heavy atom. The van der Waals surface area contributed by atoms with E-state index >= 15 is 0 Å². The first-order valence-electron chi connectivity index (χ1n) is 6.58. The van der Waals surface area contributed by atoms with Crippen molar-refractivity contribution in [1.29, 1.82) is 0 Å². The van der Waals surface area contributed by atoms with Gasteiger partial charge in [0.15, 0.2) is 0 Å². The smallest absolute Gasteiger partial charge is 0.248 e. The van der Waals surface area contributed by atoms with E-state index in [9.17, 15) is 4.79 Å². The molecule has 1 aromatic rings. The van der Waals surface area contributed by atoms with Gasteiger partial charge in [-0.1, -0.05) is 12.2 Å². The molecule has 1 heterocycles. The van der Waals surface area contributed by atoms with E-state index in [2.05, 4.69) is 15.3 Å². The predicted octanol–water partition coefficient (Wildman–Crippen LogP) is 0.945. The Morgan fingerprint density at radius 1 is 1.48 bits per heavy atom. The molecule has 1 N–H and O–H groups in total. The molecule has 0 bridgehead atoms. The molecule has 0 atom stereocenters. The molecule has 0 spiro atoms. The third-order valence-electron chi connectivity index (χ3n) is 2.75. The maximum absolute atomic E-state index is 12.0. The lowest BCUT2D eigenvalue weighted by molar-refractivity contribution is -0.117. The second-order valence-electron chi connectivity index (χ2n) is 4.35. The van der Waals surface area contributed by atoms with Crippen molar-refractivity contribution in [3.8, 4) is 0 Å². The molecule has 0 saturated carbocycles. The minimum absolute atomic E-state index is 0.146. The molecule has 1 amide bonds. The highest BCUT2D eigenvalue weighted by Crippen LogP contribution is 2.08.